The number of fused-ring (bicyclic) bond motifs is 1. The van der Waals surface area contributed by atoms with Crippen molar-refractivity contribution in [1.29, 1.82) is 0 Å². The number of carbonyl (C=O) groups is 2. The zero-order chi connectivity index (χ0) is 24.4. The van der Waals surface area contributed by atoms with Gasteiger partial charge in [0.05, 0.1) is 11.8 Å². The third kappa shape index (κ3) is 3.77. The number of carbonyl (C=O) groups excluding carboxylic acids is 2. The van der Waals surface area contributed by atoms with Crippen LogP contribution in [-0.4, -0.2) is 62.1 Å². The van der Waals surface area contributed by atoms with E-state index in [1.807, 2.05) is 17.8 Å². The zero-order valence-corrected chi connectivity index (χ0v) is 19.2. The van der Waals surface area contributed by atoms with Crippen LogP contribution in [-0.2, 0) is 13.2 Å². The van der Waals surface area contributed by atoms with Crippen molar-refractivity contribution in [3.8, 4) is 0 Å². The summed E-state index contributed by atoms with van der Waals surface area (Å²) >= 11 is 5.79. The Morgan fingerprint density at radius 2 is 1.91 bits per heavy atom. The van der Waals surface area contributed by atoms with Crippen molar-refractivity contribution >= 4 is 34.9 Å². The molecular weight excluding hydrogens is 473 g/mol. The van der Waals surface area contributed by atoms with Crippen molar-refractivity contribution in [2.24, 2.45) is 12.5 Å². The number of urea groups is 1. The summed E-state index contributed by atoms with van der Waals surface area (Å²) in [4.78, 5) is 28.8. The van der Waals surface area contributed by atoms with Gasteiger partial charge in [0.25, 0.3) is 5.91 Å². The van der Waals surface area contributed by atoms with Crippen LogP contribution >= 0.6 is 11.6 Å². The number of halogens is 4. The lowest BCUT2D eigenvalue weighted by molar-refractivity contribution is -0.137. The van der Waals surface area contributed by atoms with E-state index in [4.69, 9.17) is 11.6 Å². The van der Waals surface area contributed by atoms with Gasteiger partial charge in [-0.3, -0.25) is 4.79 Å². The number of aryl methyl sites for hydroxylation is 1. The van der Waals surface area contributed by atoms with Crippen molar-refractivity contribution in [2.75, 3.05) is 25.5 Å². The number of hydrogen-bond acceptors (Lipinski definition) is 3. The fourth-order valence-corrected chi connectivity index (χ4v) is 5.19. The Morgan fingerprint density at radius 1 is 1.21 bits per heavy atom. The molecule has 1 saturated heterocycles. The highest BCUT2D eigenvalue weighted by molar-refractivity contribution is 6.31. The average Bonchev–Trinajstić information content (AvgIpc) is 3.27. The molecule has 1 aromatic carbocycles. The third-order valence-corrected chi connectivity index (χ3v) is 7.00. The normalized spacial score (nSPS) is 17.5. The van der Waals surface area contributed by atoms with Crippen molar-refractivity contribution in [3.05, 3.63) is 52.9 Å². The molecule has 1 saturated carbocycles. The highest BCUT2D eigenvalue weighted by Crippen LogP contribution is 2.50. The largest absolute Gasteiger partial charge is 0.416 e. The van der Waals surface area contributed by atoms with Crippen molar-refractivity contribution in [3.63, 3.8) is 0 Å². The SMILES string of the molecule is CN(C(=O)Nc1cc(Cl)cc(C(F)(F)F)c1)C1CC2(C1)CN(C(=O)c1cnn3ccn(C)c13)C2. The van der Waals surface area contributed by atoms with E-state index in [0.717, 1.165) is 30.6 Å². The van der Waals surface area contributed by atoms with E-state index in [2.05, 4.69) is 10.4 Å². The molecule has 3 heterocycles. The number of nitrogens with zero attached hydrogens (tertiary/aromatic N) is 5. The summed E-state index contributed by atoms with van der Waals surface area (Å²) in [6.07, 6.45) is 2.07. The first-order valence-corrected chi connectivity index (χ1v) is 11.0. The van der Waals surface area contributed by atoms with Gasteiger partial charge in [-0.25, -0.2) is 9.31 Å². The quantitative estimate of drug-likeness (QED) is 0.595. The Bertz CT molecular complexity index is 1290. The first kappa shape index (κ1) is 22.6. The maximum Gasteiger partial charge on any atom is 0.416 e. The molecule has 1 aliphatic carbocycles. The molecule has 0 atom stereocenters. The first-order valence-electron chi connectivity index (χ1n) is 10.7. The van der Waals surface area contributed by atoms with Gasteiger partial charge in [-0.15, -0.1) is 0 Å². The molecule has 8 nitrogen and oxygen atoms in total. The monoisotopic (exact) mass is 494 g/mol. The van der Waals surface area contributed by atoms with E-state index >= 15 is 0 Å². The number of anilines is 1. The van der Waals surface area contributed by atoms with Crippen LogP contribution in [0.5, 0.6) is 0 Å². The molecule has 1 spiro atoms. The van der Waals surface area contributed by atoms with Gasteiger partial charge in [-0.2, -0.15) is 18.3 Å². The van der Waals surface area contributed by atoms with Crippen LogP contribution in [0, 0.1) is 5.41 Å². The molecule has 2 aliphatic rings. The Hall–Kier alpha value is -3.21. The lowest BCUT2D eigenvalue weighted by atomic mass is 9.60. The van der Waals surface area contributed by atoms with Gasteiger partial charge >= 0.3 is 12.2 Å². The van der Waals surface area contributed by atoms with Crippen LogP contribution in [0.1, 0.15) is 28.8 Å². The zero-order valence-electron chi connectivity index (χ0n) is 18.4. The van der Waals surface area contributed by atoms with Crippen molar-refractivity contribution in [2.45, 2.75) is 25.1 Å². The van der Waals surface area contributed by atoms with Gasteiger partial charge in [0.1, 0.15) is 11.2 Å². The van der Waals surface area contributed by atoms with E-state index in [1.165, 1.54) is 11.0 Å². The Kier molecular flexibility index (Phi) is 5.08. The molecule has 3 amide bonds. The molecule has 12 heteroatoms. The average molecular weight is 495 g/mol. The second kappa shape index (κ2) is 7.66. The number of benzene rings is 1. The molecule has 1 N–H and O–H groups in total. The summed E-state index contributed by atoms with van der Waals surface area (Å²) in [5, 5.41) is 6.60. The number of likely N-dealkylation sites (tertiary alicyclic amines) is 1. The predicted octanol–water partition coefficient (Wildman–Crippen LogP) is 4.11. The molecule has 5 rings (SSSR count). The number of aromatic nitrogens is 3. The molecule has 2 fully saturated rings. The van der Waals surface area contributed by atoms with Crippen LogP contribution < -0.4 is 5.32 Å². The van der Waals surface area contributed by atoms with Crippen molar-refractivity contribution in [1.82, 2.24) is 24.0 Å². The summed E-state index contributed by atoms with van der Waals surface area (Å²) in [5.41, 5.74) is 0.317. The number of alkyl halides is 3. The predicted molar refractivity (Wildman–Crippen MR) is 119 cm³/mol. The van der Waals surface area contributed by atoms with Crippen LogP contribution in [0.15, 0.2) is 36.8 Å². The number of rotatable bonds is 3. The molecule has 2 aromatic heterocycles. The minimum atomic E-state index is -4.56. The second-order valence-electron chi connectivity index (χ2n) is 9.23. The summed E-state index contributed by atoms with van der Waals surface area (Å²) < 4.78 is 42.5. The minimum absolute atomic E-state index is 0.0145. The fourth-order valence-electron chi connectivity index (χ4n) is 4.95. The first-order chi connectivity index (χ1) is 16.0. The van der Waals surface area contributed by atoms with Gasteiger partial charge < -0.3 is 19.7 Å². The molecule has 3 aromatic rings. The van der Waals surface area contributed by atoms with E-state index in [1.54, 1.807) is 28.9 Å². The molecule has 0 bridgehead atoms. The Morgan fingerprint density at radius 3 is 2.59 bits per heavy atom. The summed E-state index contributed by atoms with van der Waals surface area (Å²) in [6, 6.07) is 2.38. The van der Waals surface area contributed by atoms with E-state index in [9.17, 15) is 22.8 Å². The lowest BCUT2D eigenvalue weighted by Gasteiger charge is -2.60. The van der Waals surface area contributed by atoms with Crippen LogP contribution in [0.25, 0.3) is 5.65 Å². The maximum atomic E-state index is 13.0. The van der Waals surface area contributed by atoms with Gasteiger partial charge in [-0.05, 0) is 31.0 Å². The topological polar surface area (TPSA) is 74.9 Å². The molecule has 1 aliphatic heterocycles. The van der Waals surface area contributed by atoms with E-state index < -0.39 is 17.8 Å². The smallest absolute Gasteiger partial charge is 0.337 e. The van der Waals surface area contributed by atoms with Gasteiger partial charge in [0.15, 0.2) is 0 Å². The van der Waals surface area contributed by atoms with Crippen LogP contribution in [0.3, 0.4) is 0 Å². The third-order valence-electron chi connectivity index (χ3n) is 6.79. The highest BCUT2D eigenvalue weighted by Gasteiger charge is 2.55. The minimum Gasteiger partial charge on any atom is -0.337 e. The highest BCUT2D eigenvalue weighted by atomic mass is 35.5. The lowest BCUT2D eigenvalue weighted by Crippen LogP contribution is -2.67. The van der Waals surface area contributed by atoms with Gasteiger partial charge in [0.2, 0.25) is 0 Å². The molecule has 180 valence electrons. The van der Waals surface area contributed by atoms with Gasteiger partial charge in [-0.1, -0.05) is 11.6 Å². The van der Waals surface area contributed by atoms with Crippen LogP contribution in [0.4, 0.5) is 23.7 Å². The second-order valence-corrected chi connectivity index (χ2v) is 9.66. The summed E-state index contributed by atoms with van der Waals surface area (Å²) in [6.45, 7) is 1.20. The molecule has 0 unspecified atom stereocenters. The molecular formula is C22H22ClF3N6O2. The van der Waals surface area contributed by atoms with Crippen molar-refractivity contribution < 1.29 is 22.8 Å². The summed E-state index contributed by atoms with van der Waals surface area (Å²) in [5.74, 6) is -0.0709. The Balaban J connectivity index is 1.17. The molecule has 0 radical (unpaired) electrons. The maximum absolute atomic E-state index is 13.0. The Labute approximate surface area is 197 Å². The standard InChI is InChI=1S/C22H22ClF3N6O2/c1-29-3-4-32-18(29)17(10-27-32)19(33)31-11-21(12-31)8-16(9-21)30(2)20(34)28-15-6-13(22(24,25)26)5-14(23)7-15/h3-7,10,16H,8-9,11-12H2,1-2H3,(H,28,34). The fraction of sp³-hybridized carbons (Fsp3) is 0.409. The number of hydrogen-bond donors (Lipinski definition) is 1. The van der Waals surface area contributed by atoms with E-state index in [0.29, 0.717) is 18.7 Å². The number of imidazole rings is 1. The number of amides is 3. The molecule has 34 heavy (non-hydrogen) atoms. The van der Waals surface area contributed by atoms with Crippen LogP contribution in [0.2, 0.25) is 5.02 Å². The van der Waals surface area contributed by atoms with Gasteiger partial charge in [0, 0.05) is 61.7 Å². The summed E-state index contributed by atoms with van der Waals surface area (Å²) in [7, 11) is 3.47. The number of nitrogens with one attached hydrogen (secondary N) is 1. The van der Waals surface area contributed by atoms with E-state index in [-0.39, 0.29) is 28.1 Å².